The first-order valence-electron chi connectivity index (χ1n) is 6.89. The molecule has 0 aliphatic carbocycles. The van der Waals surface area contributed by atoms with Gasteiger partial charge in [-0.25, -0.2) is 9.37 Å². The zero-order valence-electron chi connectivity index (χ0n) is 11.6. The number of nitrogens with one attached hydrogen (secondary N) is 2. The average molecular weight is 267 g/mol. The lowest BCUT2D eigenvalue weighted by molar-refractivity contribution is 0.198. The molecule has 1 aliphatic rings. The van der Waals surface area contributed by atoms with Crippen molar-refractivity contribution in [3.8, 4) is 0 Å². The van der Waals surface area contributed by atoms with Crippen molar-refractivity contribution in [2.75, 3.05) is 43.9 Å². The van der Waals surface area contributed by atoms with Gasteiger partial charge in [-0.2, -0.15) is 4.98 Å². The third kappa shape index (κ3) is 3.76. The fourth-order valence-electron chi connectivity index (χ4n) is 2.36. The van der Waals surface area contributed by atoms with E-state index in [2.05, 4.69) is 32.4 Å². The van der Waals surface area contributed by atoms with Crippen molar-refractivity contribution in [3.05, 3.63) is 12.0 Å². The van der Waals surface area contributed by atoms with Gasteiger partial charge in [0.05, 0.1) is 6.20 Å². The number of hydrogen-bond acceptors (Lipinski definition) is 5. The molecule has 1 fully saturated rings. The number of halogens is 1. The topological polar surface area (TPSA) is 53.1 Å². The first-order valence-corrected chi connectivity index (χ1v) is 6.89. The minimum atomic E-state index is -0.398. The second kappa shape index (κ2) is 6.65. The summed E-state index contributed by atoms with van der Waals surface area (Å²) in [6, 6.07) is 0. The van der Waals surface area contributed by atoms with Crippen LogP contribution in [0.5, 0.6) is 0 Å². The monoisotopic (exact) mass is 267 g/mol. The van der Waals surface area contributed by atoms with E-state index in [1.54, 1.807) is 7.05 Å². The molecular formula is C13H22FN5. The van der Waals surface area contributed by atoms with Crippen LogP contribution < -0.4 is 10.6 Å². The van der Waals surface area contributed by atoms with Crippen LogP contribution in [-0.4, -0.2) is 48.1 Å². The van der Waals surface area contributed by atoms with Gasteiger partial charge in [-0.15, -0.1) is 0 Å². The van der Waals surface area contributed by atoms with Crippen molar-refractivity contribution in [3.63, 3.8) is 0 Å². The van der Waals surface area contributed by atoms with Crippen molar-refractivity contribution >= 4 is 11.8 Å². The summed E-state index contributed by atoms with van der Waals surface area (Å²) in [5.74, 6) is 0.919. The van der Waals surface area contributed by atoms with Gasteiger partial charge in [0.15, 0.2) is 11.6 Å². The lowest BCUT2D eigenvalue weighted by atomic mass is 9.97. The molecule has 0 amide bonds. The van der Waals surface area contributed by atoms with E-state index < -0.39 is 5.82 Å². The van der Waals surface area contributed by atoms with Crippen LogP contribution in [0.4, 0.5) is 16.2 Å². The molecule has 2 heterocycles. The summed E-state index contributed by atoms with van der Waals surface area (Å²) in [7, 11) is 1.72. The van der Waals surface area contributed by atoms with Gasteiger partial charge in [0.2, 0.25) is 5.95 Å². The van der Waals surface area contributed by atoms with Crippen LogP contribution in [0.2, 0.25) is 0 Å². The molecule has 2 N–H and O–H groups in total. The van der Waals surface area contributed by atoms with Crippen LogP contribution >= 0.6 is 0 Å². The molecule has 1 aliphatic heterocycles. The number of nitrogens with zero attached hydrogens (tertiary/aromatic N) is 3. The maximum Gasteiger partial charge on any atom is 0.224 e. The molecule has 2 rings (SSSR count). The third-order valence-corrected chi connectivity index (χ3v) is 3.68. The largest absolute Gasteiger partial charge is 0.367 e. The first kappa shape index (κ1) is 14.0. The second-order valence-electron chi connectivity index (χ2n) is 4.90. The van der Waals surface area contributed by atoms with E-state index in [1.165, 1.54) is 6.20 Å². The minimum absolute atomic E-state index is 0.289. The summed E-state index contributed by atoms with van der Waals surface area (Å²) < 4.78 is 13.6. The Morgan fingerprint density at radius 2 is 2.16 bits per heavy atom. The molecule has 19 heavy (non-hydrogen) atoms. The van der Waals surface area contributed by atoms with Crippen LogP contribution in [-0.2, 0) is 0 Å². The molecule has 0 radical (unpaired) electrons. The molecule has 1 aromatic rings. The SMILES string of the molecule is CCN1CCC(CNc2nc(NC)ncc2F)CC1. The van der Waals surface area contributed by atoms with E-state index in [0.717, 1.165) is 39.0 Å². The molecule has 0 bridgehead atoms. The van der Waals surface area contributed by atoms with Gasteiger partial charge in [-0.1, -0.05) is 6.92 Å². The van der Waals surface area contributed by atoms with Crippen LogP contribution in [0, 0.1) is 11.7 Å². The van der Waals surface area contributed by atoms with E-state index in [4.69, 9.17) is 0 Å². The summed E-state index contributed by atoms with van der Waals surface area (Å²) >= 11 is 0. The van der Waals surface area contributed by atoms with E-state index in [0.29, 0.717) is 11.9 Å². The predicted octanol–water partition coefficient (Wildman–Crippen LogP) is 1.80. The molecule has 0 saturated carbocycles. The van der Waals surface area contributed by atoms with Gasteiger partial charge in [0.1, 0.15) is 0 Å². The molecule has 6 heteroatoms. The summed E-state index contributed by atoms with van der Waals surface area (Å²) in [5, 5.41) is 5.92. The highest BCUT2D eigenvalue weighted by molar-refractivity contribution is 5.40. The molecule has 1 aromatic heterocycles. The number of rotatable bonds is 5. The second-order valence-corrected chi connectivity index (χ2v) is 4.90. The van der Waals surface area contributed by atoms with Gasteiger partial charge in [-0.3, -0.25) is 0 Å². The van der Waals surface area contributed by atoms with E-state index in [-0.39, 0.29) is 5.82 Å². The Hall–Kier alpha value is -1.43. The van der Waals surface area contributed by atoms with Crippen LogP contribution in [0.25, 0.3) is 0 Å². The van der Waals surface area contributed by atoms with Crippen LogP contribution in [0.1, 0.15) is 19.8 Å². The molecular weight excluding hydrogens is 245 g/mol. The Kier molecular flexibility index (Phi) is 4.90. The van der Waals surface area contributed by atoms with Crippen molar-refractivity contribution in [2.45, 2.75) is 19.8 Å². The molecule has 106 valence electrons. The number of hydrogen-bond donors (Lipinski definition) is 2. The summed E-state index contributed by atoms with van der Waals surface area (Å²) in [6.07, 6.45) is 3.51. The average Bonchev–Trinajstić information content (AvgIpc) is 2.47. The highest BCUT2D eigenvalue weighted by Crippen LogP contribution is 2.18. The van der Waals surface area contributed by atoms with Crippen molar-refractivity contribution in [2.24, 2.45) is 5.92 Å². The van der Waals surface area contributed by atoms with E-state index in [1.807, 2.05) is 0 Å². The third-order valence-electron chi connectivity index (χ3n) is 3.68. The van der Waals surface area contributed by atoms with Crippen molar-refractivity contribution < 1.29 is 4.39 Å². The van der Waals surface area contributed by atoms with E-state index in [9.17, 15) is 4.39 Å². The highest BCUT2D eigenvalue weighted by atomic mass is 19.1. The Balaban J connectivity index is 1.85. The van der Waals surface area contributed by atoms with E-state index >= 15 is 0 Å². The van der Waals surface area contributed by atoms with Crippen LogP contribution in [0.15, 0.2) is 6.20 Å². The zero-order chi connectivity index (χ0) is 13.7. The number of anilines is 2. The van der Waals surface area contributed by atoms with Gasteiger partial charge in [0.25, 0.3) is 0 Å². The highest BCUT2D eigenvalue weighted by Gasteiger charge is 2.18. The summed E-state index contributed by atoms with van der Waals surface area (Å²) in [4.78, 5) is 10.4. The first-order chi connectivity index (χ1) is 9.22. The molecule has 5 nitrogen and oxygen atoms in total. The number of aromatic nitrogens is 2. The lowest BCUT2D eigenvalue weighted by Gasteiger charge is -2.31. The predicted molar refractivity (Wildman–Crippen MR) is 74.9 cm³/mol. The number of likely N-dealkylation sites (tertiary alicyclic amines) is 1. The number of piperidine rings is 1. The molecule has 0 unspecified atom stereocenters. The molecule has 0 aromatic carbocycles. The Bertz CT molecular complexity index is 404. The Labute approximate surface area is 113 Å². The maximum atomic E-state index is 13.6. The smallest absolute Gasteiger partial charge is 0.224 e. The van der Waals surface area contributed by atoms with Crippen molar-refractivity contribution in [1.82, 2.24) is 14.9 Å². The van der Waals surface area contributed by atoms with Gasteiger partial charge in [0, 0.05) is 13.6 Å². The van der Waals surface area contributed by atoms with Crippen LogP contribution in [0.3, 0.4) is 0 Å². The quantitative estimate of drug-likeness (QED) is 0.852. The minimum Gasteiger partial charge on any atom is -0.367 e. The Morgan fingerprint density at radius 1 is 1.42 bits per heavy atom. The summed E-state index contributed by atoms with van der Waals surface area (Å²) in [5.41, 5.74) is 0. The van der Waals surface area contributed by atoms with Gasteiger partial charge in [-0.05, 0) is 38.4 Å². The fraction of sp³-hybridized carbons (Fsp3) is 0.692. The zero-order valence-corrected chi connectivity index (χ0v) is 11.6. The van der Waals surface area contributed by atoms with Gasteiger partial charge >= 0.3 is 0 Å². The summed E-state index contributed by atoms with van der Waals surface area (Å²) in [6.45, 7) is 6.35. The maximum absolute atomic E-state index is 13.6. The molecule has 1 saturated heterocycles. The normalized spacial score (nSPS) is 17.4. The lowest BCUT2D eigenvalue weighted by Crippen LogP contribution is -2.35. The van der Waals surface area contributed by atoms with Crippen molar-refractivity contribution in [1.29, 1.82) is 0 Å². The standard InChI is InChI=1S/C13H22FN5/c1-3-19-6-4-10(5-7-19)8-16-12-11(14)9-17-13(15-2)18-12/h9-10H,3-8H2,1-2H3,(H2,15,16,17,18). The molecule has 0 spiro atoms. The Morgan fingerprint density at radius 3 is 2.79 bits per heavy atom. The molecule has 0 atom stereocenters. The van der Waals surface area contributed by atoms with Gasteiger partial charge < -0.3 is 15.5 Å². The fourth-order valence-corrected chi connectivity index (χ4v) is 2.36.